The van der Waals surface area contributed by atoms with E-state index in [1.807, 2.05) is 19.1 Å². The maximum absolute atomic E-state index is 11.4. The molecule has 0 fully saturated rings. The number of para-hydroxylation sites is 1. The highest BCUT2D eigenvalue weighted by Gasteiger charge is 2.13. The summed E-state index contributed by atoms with van der Waals surface area (Å²) in [5.41, 5.74) is 0.674. The number of nitrogens with one attached hydrogen (secondary N) is 1. The molecule has 0 spiro atoms. The van der Waals surface area contributed by atoms with Crippen LogP contribution in [0.25, 0.3) is 11.5 Å². The molecule has 0 saturated heterocycles. The van der Waals surface area contributed by atoms with Crippen molar-refractivity contribution in [2.24, 2.45) is 0 Å². The Bertz CT molecular complexity index is 566. The van der Waals surface area contributed by atoms with Gasteiger partial charge in [-0.25, -0.2) is 0 Å². The summed E-state index contributed by atoms with van der Waals surface area (Å²) >= 11 is 0. The average molecular weight is 261 g/mol. The van der Waals surface area contributed by atoms with Crippen LogP contribution < -0.4 is 10.1 Å². The van der Waals surface area contributed by atoms with Crippen molar-refractivity contribution in [3.63, 3.8) is 0 Å². The molecule has 0 unspecified atom stereocenters. The molecular formula is C13H15N3O3. The Morgan fingerprint density at radius 3 is 2.89 bits per heavy atom. The molecule has 0 bridgehead atoms. The Morgan fingerprint density at radius 1 is 1.42 bits per heavy atom. The predicted molar refractivity (Wildman–Crippen MR) is 68.6 cm³/mol. The third-order valence-electron chi connectivity index (χ3n) is 2.38. The molecule has 0 saturated carbocycles. The van der Waals surface area contributed by atoms with Crippen LogP contribution in [0, 0.1) is 6.92 Å². The average Bonchev–Trinajstić information content (AvgIpc) is 2.84. The lowest BCUT2D eigenvalue weighted by Crippen LogP contribution is -2.28. The number of ether oxygens (including phenoxy) is 1. The van der Waals surface area contributed by atoms with Crippen LogP contribution in [0.1, 0.15) is 12.7 Å². The SMILES string of the molecule is CCNC(=O)COc1ccccc1-c1nc(C)no1. The lowest BCUT2D eigenvalue weighted by Gasteiger charge is -2.08. The molecule has 19 heavy (non-hydrogen) atoms. The van der Waals surface area contributed by atoms with Gasteiger partial charge in [0.15, 0.2) is 12.4 Å². The smallest absolute Gasteiger partial charge is 0.261 e. The van der Waals surface area contributed by atoms with Gasteiger partial charge in [0.25, 0.3) is 11.8 Å². The molecule has 1 amide bonds. The molecule has 0 aliphatic carbocycles. The number of amides is 1. The third kappa shape index (κ3) is 3.31. The van der Waals surface area contributed by atoms with E-state index in [2.05, 4.69) is 15.5 Å². The zero-order valence-corrected chi connectivity index (χ0v) is 10.8. The van der Waals surface area contributed by atoms with E-state index in [1.165, 1.54) is 0 Å². The fraction of sp³-hybridized carbons (Fsp3) is 0.308. The zero-order valence-electron chi connectivity index (χ0n) is 10.8. The van der Waals surface area contributed by atoms with Crippen LogP contribution in [0.2, 0.25) is 0 Å². The number of carbonyl (C=O) groups is 1. The van der Waals surface area contributed by atoms with Crippen molar-refractivity contribution in [1.82, 2.24) is 15.5 Å². The van der Waals surface area contributed by atoms with Gasteiger partial charge >= 0.3 is 0 Å². The van der Waals surface area contributed by atoms with E-state index in [0.29, 0.717) is 29.6 Å². The van der Waals surface area contributed by atoms with E-state index in [0.717, 1.165) is 0 Å². The van der Waals surface area contributed by atoms with Crippen LogP contribution in [0.3, 0.4) is 0 Å². The van der Waals surface area contributed by atoms with Crippen LogP contribution in [-0.4, -0.2) is 29.2 Å². The van der Waals surface area contributed by atoms with Crippen LogP contribution >= 0.6 is 0 Å². The summed E-state index contributed by atoms with van der Waals surface area (Å²) < 4.78 is 10.6. The molecule has 1 aromatic heterocycles. The molecule has 6 heteroatoms. The van der Waals surface area contributed by atoms with Gasteiger partial charge in [-0.1, -0.05) is 17.3 Å². The minimum absolute atomic E-state index is 0.0437. The highest BCUT2D eigenvalue weighted by atomic mass is 16.5. The van der Waals surface area contributed by atoms with Crippen molar-refractivity contribution < 1.29 is 14.1 Å². The Balaban J connectivity index is 2.15. The van der Waals surface area contributed by atoms with Gasteiger partial charge in [0.05, 0.1) is 5.56 Å². The Morgan fingerprint density at radius 2 is 2.21 bits per heavy atom. The molecule has 100 valence electrons. The highest BCUT2D eigenvalue weighted by Crippen LogP contribution is 2.28. The molecule has 0 atom stereocenters. The third-order valence-corrected chi connectivity index (χ3v) is 2.38. The fourth-order valence-electron chi connectivity index (χ4n) is 1.57. The Kier molecular flexibility index (Phi) is 4.12. The number of carbonyl (C=O) groups excluding carboxylic acids is 1. The molecule has 2 rings (SSSR count). The van der Waals surface area contributed by atoms with E-state index in [-0.39, 0.29) is 12.5 Å². The number of hydrogen-bond acceptors (Lipinski definition) is 5. The topological polar surface area (TPSA) is 77.2 Å². The van der Waals surface area contributed by atoms with Crippen molar-refractivity contribution in [2.75, 3.05) is 13.2 Å². The molecule has 1 aromatic carbocycles. The van der Waals surface area contributed by atoms with Gasteiger partial charge in [-0.2, -0.15) is 4.98 Å². The standard InChI is InChI=1S/C13H15N3O3/c1-3-14-12(17)8-18-11-7-5-4-6-10(11)13-15-9(2)16-19-13/h4-7H,3,8H2,1-2H3,(H,14,17). The number of rotatable bonds is 5. The summed E-state index contributed by atoms with van der Waals surface area (Å²) in [7, 11) is 0. The van der Waals surface area contributed by atoms with Crippen LogP contribution in [-0.2, 0) is 4.79 Å². The normalized spacial score (nSPS) is 10.2. The minimum Gasteiger partial charge on any atom is -0.483 e. The lowest BCUT2D eigenvalue weighted by atomic mass is 10.2. The van der Waals surface area contributed by atoms with Gasteiger partial charge in [0.1, 0.15) is 5.75 Å². The molecule has 0 radical (unpaired) electrons. The van der Waals surface area contributed by atoms with Crippen molar-refractivity contribution in [1.29, 1.82) is 0 Å². The first kappa shape index (κ1) is 13.1. The second kappa shape index (κ2) is 5.99. The fourth-order valence-corrected chi connectivity index (χ4v) is 1.57. The van der Waals surface area contributed by atoms with E-state index < -0.39 is 0 Å². The van der Waals surface area contributed by atoms with E-state index >= 15 is 0 Å². The maximum Gasteiger partial charge on any atom is 0.261 e. The van der Waals surface area contributed by atoms with Crippen molar-refractivity contribution >= 4 is 5.91 Å². The molecule has 6 nitrogen and oxygen atoms in total. The van der Waals surface area contributed by atoms with Gasteiger partial charge in [-0.05, 0) is 26.0 Å². The molecule has 0 aliphatic rings. The number of likely N-dealkylation sites (N-methyl/N-ethyl adjacent to an activating group) is 1. The molecule has 2 aromatic rings. The summed E-state index contributed by atoms with van der Waals surface area (Å²) in [5, 5.41) is 6.40. The quantitative estimate of drug-likeness (QED) is 0.883. The van der Waals surface area contributed by atoms with Gasteiger partial charge in [-0.15, -0.1) is 0 Å². The predicted octanol–water partition coefficient (Wildman–Crippen LogP) is 1.56. The van der Waals surface area contributed by atoms with E-state index in [4.69, 9.17) is 9.26 Å². The van der Waals surface area contributed by atoms with Crippen molar-refractivity contribution in [2.45, 2.75) is 13.8 Å². The number of benzene rings is 1. The Hall–Kier alpha value is -2.37. The first-order valence-corrected chi connectivity index (χ1v) is 6.00. The number of aryl methyl sites for hydroxylation is 1. The maximum atomic E-state index is 11.4. The first-order valence-electron chi connectivity index (χ1n) is 6.00. The second-order valence-electron chi connectivity index (χ2n) is 3.89. The molecule has 1 heterocycles. The van der Waals surface area contributed by atoms with Crippen LogP contribution in [0.15, 0.2) is 28.8 Å². The van der Waals surface area contributed by atoms with Crippen molar-refractivity contribution in [3.8, 4) is 17.2 Å². The number of aromatic nitrogens is 2. The number of hydrogen-bond donors (Lipinski definition) is 1. The van der Waals surface area contributed by atoms with Gasteiger partial charge in [0.2, 0.25) is 0 Å². The summed E-state index contributed by atoms with van der Waals surface area (Å²) in [4.78, 5) is 15.5. The van der Waals surface area contributed by atoms with Gasteiger partial charge in [-0.3, -0.25) is 4.79 Å². The summed E-state index contributed by atoms with van der Waals surface area (Å²) in [5.74, 6) is 1.30. The largest absolute Gasteiger partial charge is 0.483 e. The van der Waals surface area contributed by atoms with E-state index in [1.54, 1.807) is 19.1 Å². The van der Waals surface area contributed by atoms with E-state index in [9.17, 15) is 4.79 Å². The lowest BCUT2D eigenvalue weighted by molar-refractivity contribution is -0.122. The van der Waals surface area contributed by atoms with Crippen LogP contribution in [0.4, 0.5) is 0 Å². The monoisotopic (exact) mass is 261 g/mol. The zero-order chi connectivity index (χ0) is 13.7. The van der Waals surface area contributed by atoms with Crippen molar-refractivity contribution in [3.05, 3.63) is 30.1 Å². The summed E-state index contributed by atoms with van der Waals surface area (Å²) in [6.45, 7) is 4.13. The first-order chi connectivity index (χ1) is 9.20. The van der Waals surface area contributed by atoms with Gasteiger partial charge < -0.3 is 14.6 Å². The molecular weight excluding hydrogens is 246 g/mol. The summed E-state index contributed by atoms with van der Waals surface area (Å²) in [6.07, 6.45) is 0. The molecule has 0 aliphatic heterocycles. The second-order valence-corrected chi connectivity index (χ2v) is 3.89. The molecule has 1 N–H and O–H groups in total. The Labute approximate surface area is 110 Å². The highest BCUT2D eigenvalue weighted by molar-refractivity contribution is 5.77. The van der Waals surface area contributed by atoms with Gasteiger partial charge in [0, 0.05) is 6.54 Å². The summed E-state index contributed by atoms with van der Waals surface area (Å²) in [6, 6.07) is 7.22. The number of nitrogens with zero attached hydrogens (tertiary/aromatic N) is 2. The minimum atomic E-state index is -0.168. The van der Waals surface area contributed by atoms with Crippen LogP contribution in [0.5, 0.6) is 5.75 Å².